The highest BCUT2D eigenvalue weighted by molar-refractivity contribution is 5.87. The van der Waals surface area contributed by atoms with Gasteiger partial charge in [0.2, 0.25) is 5.91 Å². The Morgan fingerprint density at radius 1 is 1.40 bits per heavy atom. The summed E-state index contributed by atoms with van der Waals surface area (Å²) in [6.07, 6.45) is 3.01. The minimum Gasteiger partial charge on any atom is -0.478 e. The summed E-state index contributed by atoms with van der Waals surface area (Å²) in [7, 11) is 0. The molecule has 0 spiro atoms. The van der Waals surface area contributed by atoms with E-state index in [0.29, 0.717) is 19.0 Å². The fourth-order valence-corrected chi connectivity index (χ4v) is 2.95. The number of rotatable bonds is 3. The lowest BCUT2D eigenvalue weighted by Crippen LogP contribution is -2.51. The molecule has 1 amide bonds. The van der Waals surface area contributed by atoms with Crippen molar-refractivity contribution < 1.29 is 14.7 Å². The molecule has 2 fully saturated rings. The molecule has 3 rings (SSSR count). The fraction of sp³-hybridized carbons (Fsp3) is 0.500. The Balaban J connectivity index is 1.61. The summed E-state index contributed by atoms with van der Waals surface area (Å²) in [4.78, 5) is 30.8. The number of carboxylic acid groups (broad SMARTS) is 1. The highest BCUT2D eigenvalue weighted by Gasteiger charge is 2.35. The van der Waals surface area contributed by atoms with Gasteiger partial charge in [-0.25, -0.2) is 4.79 Å². The summed E-state index contributed by atoms with van der Waals surface area (Å²) in [6, 6.07) is 3.69. The van der Waals surface area contributed by atoms with Crippen molar-refractivity contribution in [2.45, 2.75) is 25.4 Å². The molecule has 0 aliphatic carbocycles. The van der Waals surface area contributed by atoms with E-state index in [1.165, 1.54) is 6.20 Å². The van der Waals surface area contributed by atoms with Crippen LogP contribution in [0.2, 0.25) is 0 Å². The fourth-order valence-electron chi connectivity index (χ4n) is 2.95. The van der Waals surface area contributed by atoms with Gasteiger partial charge in [0, 0.05) is 44.8 Å². The molecule has 0 radical (unpaired) electrons. The van der Waals surface area contributed by atoms with Gasteiger partial charge in [-0.15, -0.1) is 0 Å². The molecule has 1 unspecified atom stereocenters. The largest absolute Gasteiger partial charge is 0.478 e. The molecule has 2 aliphatic heterocycles. The first-order valence-electron chi connectivity index (χ1n) is 6.83. The van der Waals surface area contributed by atoms with Crippen LogP contribution in [0, 0.1) is 0 Å². The van der Waals surface area contributed by atoms with Gasteiger partial charge < -0.3 is 10.0 Å². The van der Waals surface area contributed by atoms with Crippen LogP contribution in [0.15, 0.2) is 18.3 Å². The van der Waals surface area contributed by atoms with E-state index in [-0.39, 0.29) is 11.5 Å². The maximum atomic E-state index is 11.6. The first kappa shape index (κ1) is 13.1. The molecule has 0 saturated carbocycles. The second kappa shape index (κ2) is 5.20. The van der Waals surface area contributed by atoms with E-state index in [1.54, 1.807) is 12.1 Å². The van der Waals surface area contributed by atoms with Crippen LogP contribution in [0.3, 0.4) is 0 Å². The Bertz CT molecular complexity index is 529. The molecule has 1 aromatic heterocycles. The van der Waals surface area contributed by atoms with E-state index in [0.717, 1.165) is 31.7 Å². The number of carbonyl (C=O) groups excluding carboxylic acids is 1. The van der Waals surface area contributed by atoms with E-state index in [9.17, 15) is 9.59 Å². The quantitative estimate of drug-likeness (QED) is 0.873. The lowest BCUT2D eigenvalue weighted by Gasteiger charge is -2.37. The van der Waals surface area contributed by atoms with Crippen LogP contribution in [-0.2, 0) is 11.3 Å². The van der Waals surface area contributed by atoms with Gasteiger partial charge in [-0.2, -0.15) is 0 Å². The minimum absolute atomic E-state index is 0.208. The number of aromatic nitrogens is 1. The zero-order valence-electron chi connectivity index (χ0n) is 11.2. The molecule has 0 aromatic carbocycles. The maximum Gasteiger partial charge on any atom is 0.337 e. The van der Waals surface area contributed by atoms with Crippen molar-refractivity contribution in [3.05, 3.63) is 29.6 Å². The molecule has 106 valence electrons. The van der Waals surface area contributed by atoms with E-state index in [4.69, 9.17) is 5.11 Å². The number of pyridine rings is 1. The number of fused-ring (bicyclic) bond motifs is 1. The molecule has 2 saturated heterocycles. The summed E-state index contributed by atoms with van der Waals surface area (Å²) in [5.74, 6) is -0.680. The van der Waals surface area contributed by atoms with Crippen molar-refractivity contribution in [3.8, 4) is 0 Å². The molecule has 1 aromatic rings. The monoisotopic (exact) mass is 275 g/mol. The summed E-state index contributed by atoms with van der Waals surface area (Å²) in [6.45, 7) is 3.23. The molecule has 3 heterocycles. The summed E-state index contributed by atoms with van der Waals surface area (Å²) in [5.41, 5.74) is 1.08. The molecule has 6 heteroatoms. The molecule has 1 N–H and O–H groups in total. The van der Waals surface area contributed by atoms with Gasteiger partial charge in [-0.1, -0.05) is 0 Å². The lowest BCUT2D eigenvalue weighted by molar-refractivity contribution is -0.130. The van der Waals surface area contributed by atoms with Crippen molar-refractivity contribution in [2.75, 3.05) is 19.6 Å². The Labute approximate surface area is 117 Å². The van der Waals surface area contributed by atoms with E-state index < -0.39 is 5.97 Å². The van der Waals surface area contributed by atoms with Crippen LogP contribution in [0.4, 0.5) is 0 Å². The molecule has 20 heavy (non-hydrogen) atoms. The van der Waals surface area contributed by atoms with Crippen LogP contribution in [0.1, 0.15) is 28.9 Å². The Kier molecular flexibility index (Phi) is 3.40. The normalized spacial score (nSPS) is 22.9. The number of nitrogens with zero attached hydrogens (tertiary/aromatic N) is 3. The third-order valence-corrected chi connectivity index (χ3v) is 4.04. The predicted molar refractivity (Wildman–Crippen MR) is 71.2 cm³/mol. The highest BCUT2D eigenvalue weighted by atomic mass is 16.4. The maximum absolute atomic E-state index is 11.6. The van der Waals surface area contributed by atoms with Gasteiger partial charge in [0.15, 0.2) is 0 Å². The number of hydrogen-bond acceptors (Lipinski definition) is 4. The van der Waals surface area contributed by atoms with Crippen molar-refractivity contribution in [1.82, 2.24) is 14.8 Å². The Morgan fingerprint density at radius 2 is 2.25 bits per heavy atom. The van der Waals surface area contributed by atoms with Crippen LogP contribution >= 0.6 is 0 Å². The SMILES string of the molecule is O=C(O)c1ccc(CN2CCN3C(=O)CCC3C2)nc1. The molecule has 0 bridgehead atoms. The van der Waals surface area contributed by atoms with Gasteiger partial charge in [-0.05, 0) is 18.6 Å². The third kappa shape index (κ3) is 2.51. The van der Waals surface area contributed by atoms with E-state index in [2.05, 4.69) is 9.88 Å². The Morgan fingerprint density at radius 3 is 2.95 bits per heavy atom. The average molecular weight is 275 g/mol. The number of aromatic carboxylic acids is 1. The zero-order valence-corrected chi connectivity index (χ0v) is 11.2. The molecule has 6 nitrogen and oxygen atoms in total. The Hall–Kier alpha value is -1.95. The van der Waals surface area contributed by atoms with E-state index >= 15 is 0 Å². The molecular weight excluding hydrogens is 258 g/mol. The lowest BCUT2D eigenvalue weighted by atomic mass is 10.1. The van der Waals surface area contributed by atoms with Crippen molar-refractivity contribution in [3.63, 3.8) is 0 Å². The smallest absolute Gasteiger partial charge is 0.337 e. The van der Waals surface area contributed by atoms with Gasteiger partial charge in [0.05, 0.1) is 11.3 Å². The van der Waals surface area contributed by atoms with Crippen LogP contribution < -0.4 is 0 Å². The van der Waals surface area contributed by atoms with Crippen LogP contribution in [0.5, 0.6) is 0 Å². The van der Waals surface area contributed by atoms with Gasteiger partial charge in [0.1, 0.15) is 0 Å². The minimum atomic E-state index is -0.956. The second-order valence-corrected chi connectivity index (χ2v) is 5.36. The molecule has 1 atom stereocenters. The second-order valence-electron chi connectivity index (χ2n) is 5.36. The van der Waals surface area contributed by atoms with Crippen molar-refractivity contribution >= 4 is 11.9 Å². The summed E-state index contributed by atoms with van der Waals surface area (Å²) >= 11 is 0. The number of hydrogen-bond donors (Lipinski definition) is 1. The van der Waals surface area contributed by atoms with Gasteiger partial charge >= 0.3 is 5.97 Å². The topological polar surface area (TPSA) is 73.7 Å². The first-order chi connectivity index (χ1) is 9.63. The predicted octanol–water partition coefficient (Wildman–Crippen LogP) is 0.586. The highest BCUT2D eigenvalue weighted by Crippen LogP contribution is 2.23. The van der Waals surface area contributed by atoms with Gasteiger partial charge in [-0.3, -0.25) is 14.7 Å². The summed E-state index contributed by atoms with van der Waals surface area (Å²) < 4.78 is 0. The van der Waals surface area contributed by atoms with Crippen LogP contribution in [0.25, 0.3) is 0 Å². The van der Waals surface area contributed by atoms with E-state index in [1.807, 2.05) is 4.90 Å². The number of carbonyl (C=O) groups is 2. The molecule has 2 aliphatic rings. The van der Waals surface area contributed by atoms with Crippen molar-refractivity contribution in [1.29, 1.82) is 0 Å². The van der Waals surface area contributed by atoms with Crippen LogP contribution in [-0.4, -0.2) is 57.4 Å². The van der Waals surface area contributed by atoms with Gasteiger partial charge in [0.25, 0.3) is 0 Å². The number of amides is 1. The zero-order chi connectivity index (χ0) is 14.1. The standard InChI is InChI=1S/C14H17N3O3/c18-13-4-3-12-9-16(5-6-17(12)13)8-11-2-1-10(7-15-11)14(19)20/h1-2,7,12H,3-6,8-9H2,(H,19,20). The number of carboxylic acids is 1. The third-order valence-electron chi connectivity index (χ3n) is 4.04. The van der Waals surface area contributed by atoms with Crippen molar-refractivity contribution in [2.24, 2.45) is 0 Å². The summed E-state index contributed by atoms with van der Waals surface area (Å²) in [5, 5.41) is 8.84. The number of piperazine rings is 1. The first-order valence-corrected chi connectivity index (χ1v) is 6.83. The molecular formula is C14H17N3O3. The average Bonchev–Trinajstić information content (AvgIpc) is 2.81.